The molecule has 1 atom stereocenters. The van der Waals surface area contributed by atoms with E-state index in [1.165, 1.54) is 47.4 Å². The number of nitrogens with one attached hydrogen (secondary N) is 1. The first-order valence-corrected chi connectivity index (χ1v) is 15.0. The lowest BCUT2D eigenvalue weighted by atomic mass is 10.1. The first kappa shape index (κ1) is 31.1. The van der Waals surface area contributed by atoms with Gasteiger partial charge in [-0.05, 0) is 74.2 Å². The highest BCUT2D eigenvalue weighted by molar-refractivity contribution is 7.92. The highest BCUT2D eigenvalue weighted by Gasteiger charge is 2.33. The van der Waals surface area contributed by atoms with Crippen molar-refractivity contribution in [3.05, 3.63) is 94.3 Å². The van der Waals surface area contributed by atoms with E-state index in [1.54, 1.807) is 38.1 Å². The van der Waals surface area contributed by atoms with Gasteiger partial charge in [0.15, 0.2) is 0 Å². The molecule has 0 radical (unpaired) electrons. The van der Waals surface area contributed by atoms with Crippen LogP contribution in [0.1, 0.15) is 43.4 Å². The molecule has 0 aliphatic heterocycles. The summed E-state index contributed by atoms with van der Waals surface area (Å²) in [5.74, 6) is -1.36. The third-order valence-electron chi connectivity index (χ3n) is 6.53. The number of hydrogen-bond donors (Lipinski definition) is 1. The van der Waals surface area contributed by atoms with Crippen LogP contribution in [0.2, 0.25) is 5.02 Å². The Morgan fingerprint density at radius 3 is 2.20 bits per heavy atom. The summed E-state index contributed by atoms with van der Waals surface area (Å²) in [4.78, 5) is 28.5. The maximum Gasteiger partial charge on any atom is 0.264 e. The largest absolute Gasteiger partial charge is 0.354 e. The van der Waals surface area contributed by atoms with E-state index in [2.05, 4.69) is 5.32 Å². The Kier molecular flexibility index (Phi) is 10.7. The van der Waals surface area contributed by atoms with Gasteiger partial charge in [0.2, 0.25) is 11.8 Å². The van der Waals surface area contributed by atoms with E-state index in [0.717, 1.165) is 15.4 Å². The Hall–Kier alpha value is -3.43. The lowest BCUT2D eigenvalue weighted by Crippen LogP contribution is -2.52. The van der Waals surface area contributed by atoms with Crippen molar-refractivity contribution in [1.82, 2.24) is 10.2 Å². The third-order valence-corrected chi connectivity index (χ3v) is 8.73. The molecule has 0 aromatic heterocycles. The number of benzene rings is 3. The van der Waals surface area contributed by atoms with Crippen molar-refractivity contribution in [3.8, 4) is 0 Å². The van der Waals surface area contributed by atoms with Gasteiger partial charge in [-0.1, -0.05) is 61.3 Å². The number of sulfonamides is 1. The lowest BCUT2D eigenvalue weighted by Gasteiger charge is -2.33. The van der Waals surface area contributed by atoms with Gasteiger partial charge in [-0.2, -0.15) is 0 Å². The van der Waals surface area contributed by atoms with E-state index in [0.29, 0.717) is 30.0 Å². The second kappa shape index (κ2) is 13.8. The van der Waals surface area contributed by atoms with Crippen LogP contribution in [0.25, 0.3) is 0 Å². The predicted molar refractivity (Wildman–Crippen MR) is 156 cm³/mol. The lowest BCUT2D eigenvalue weighted by molar-refractivity contribution is -0.140. The molecule has 7 nitrogen and oxygen atoms in total. The van der Waals surface area contributed by atoms with Gasteiger partial charge in [0.25, 0.3) is 10.0 Å². The van der Waals surface area contributed by atoms with Crippen molar-refractivity contribution in [2.45, 2.75) is 58.0 Å². The Morgan fingerprint density at radius 1 is 0.975 bits per heavy atom. The van der Waals surface area contributed by atoms with E-state index < -0.39 is 34.3 Å². The molecule has 0 heterocycles. The molecule has 0 bridgehead atoms. The number of nitrogens with zero attached hydrogens (tertiary/aromatic N) is 2. The van der Waals surface area contributed by atoms with Crippen molar-refractivity contribution in [3.63, 3.8) is 0 Å². The molecule has 0 saturated heterocycles. The summed E-state index contributed by atoms with van der Waals surface area (Å²) in [6.07, 6.45) is 1.01. The molecule has 10 heteroatoms. The van der Waals surface area contributed by atoms with Gasteiger partial charge in [-0.3, -0.25) is 13.9 Å². The topological polar surface area (TPSA) is 86.8 Å². The van der Waals surface area contributed by atoms with Crippen LogP contribution in [0.4, 0.5) is 10.1 Å². The highest BCUT2D eigenvalue weighted by atomic mass is 35.5. The highest BCUT2D eigenvalue weighted by Crippen LogP contribution is 2.29. The summed E-state index contributed by atoms with van der Waals surface area (Å²) in [6, 6.07) is 15.9. The van der Waals surface area contributed by atoms with Crippen LogP contribution in [0, 0.1) is 19.7 Å². The quantitative estimate of drug-likeness (QED) is 0.298. The van der Waals surface area contributed by atoms with Crippen LogP contribution in [-0.4, -0.2) is 44.3 Å². The summed E-state index contributed by atoms with van der Waals surface area (Å²) in [5.41, 5.74) is 2.45. The van der Waals surface area contributed by atoms with Crippen molar-refractivity contribution in [2.24, 2.45) is 0 Å². The molecule has 0 unspecified atom stereocenters. The van der Waals surface area contributed by atoms with Gasteiger partial charge < -0.3 is 10.2 Å². The summed E-state index contributed by atoms with van der Waals surface area (Å²) in [7, 11) is -4.20. The standard InChI is InChI=1S/C30H35ClFN3O4S/c1-5-17-33-30(37)28(6-2)34(19-23-10-12-24(32)13-11-23)29(36)20-35(25-14-9-22(4)27(31)18-25)40(38,39)26-15-7-21(3)8-16-26/h7-16,18,28H,5-6,17,19-20H2,1-4H3,(H,33,37)/t28-/m0/s1. The summed E-state index contributed by atoms with van der Waals surface area (Å²) >= 11 is 6.36. The minimum Gasteiger partial charge on any atom is -0.354 e. The normalized spacial score (nSPS) is 12.1. The molecule has 0 fully saturated rings. The number of amides is 2. The third kappa shape index (κ3) is 7.61. The fraction of sp³-hybridized carbons (Fsp3) is 0.333. The maximum absolute atomic E-state index is 14.0. The zero-order valence-electron chi connectivity index (χ0n) is 23.2. The zero-order chi connectivity index (χ0) is 29.4. The van der Waals surface area contributed by atoms with Crippen molar-refractivity contribution >= 4 is 39.1 Å². The zero-order valence-corrected chi connectivity index (χ0v) is 24.7. The molecule has 3 rings (SSSR count). The van der Waals surface area contributed by atoms with E-state index >= 15 is 0 Å². The van der Waals surface area contributed by atoms with E-state index in [1.807, 2.05) is 13.8 Å². The molecule has 2 amide bonds. The number of hydrogen-bond acceptors (Lipinski definition) is 4. The Bertz CT molecular complexity index is 1430. The Labute approximate surface area is 241 Å². The van der Waals surface area contributed by atoms with E-state index in [-0.39, 0.29) is 23.0 Å². The fourth-order valence-electron chi connectivity index (χ4n) is 4.18. The van der Waals surface area contributed by atoms with E-state index in [4.69, 9.17) is 11.6 Å². The van der Waals surface area contributed by atoms with Crippen LogP contribution in [0.3, 0.4) is 0 Å². The first-order chi connectivity index (χ1) is 19.0. The Morgan fingerprint density at radius 2 is 1.62 bits per heavy atom. The van der Waals surface area contributed by atoms with Crippen LogP contribution < -0.4 is 9.62 Å². The molecule has 0 aliphatic carbocycles. The number of halogens is 2. The van der Waals surface area contributed by atoms with Gasteiger partial charge in [-0.25, -0.2) is 12.8 Å². The van der Waals surface area contributed by atoms with Crippen molar-refractivity contribution in [2.75, 3.05) is 17.4 Å². The average molecular weight is 588 g/mol. The van der Waals surface area contributed by atoms with Gasteiger partial charge in [0.1, 0.15) is 18.4 Å². The summed E-state index contributed by atoms with van der Waals surface area (Å²) in [5, 5.41) is 3.18. The maximum atomic E-state index is 14.0. The second-order valence-electron chi connectivity index (χ2n) is 9.62. The minimum atomic E-state index is -4.20. The molecule has 0 saturated carbocycles. The number of carbonyl (C=O) groups is 2. The molecule has 1 N–H and O–H groups in total. The number of carbonyl (C=O) groups excluding carboxylic acids is 2. The van der Waals surface area contributed by atoms with E-state index in [9.17, 15) is 22.4 Å². The molecule has 214 valence electrons. The molecule has 3 aromatic carbocycles. The van der Waals surface area contributed by atoms with Gasteiger partial charge >= 0.3 is 0 Å². The molecule has 3 aromatic rings. The molecular weight excluding hydrogens is 553 g/mol. The summed E-state index contributed by atoms with van der Waals surface area (Å²) < 4.78 is 42.4. The van der Waals surface area contributed by atoms with Gasteiger partial charge in [0.05, 0.1) is 10.6 Å². The molecule has 40 heavy (non-hydrogen) atoms. The van der Waals surface area contributed by atoms with Crippen LogP contribution >= 0.6 is 11.6 Å². The average Bonchev–Trinajstić information content (AvgIpc) is 2.93. The van der Waals surface area contributed by atoms with Crippen LogP contribution in [-0.2, 0) is 26.2 Å². The van der Waals surface area contributed by atoms with Crippen LogP contribution in [0.15, 0.2) is 71.6 Å². The predicted octanol–water partition coefficient (Wildman–Crippen LogP) is 5.62. The molecule has 0 spiro atoms. The fourth-order valence-corrected chi connectivity index (χ4v) is 5.76. The monoisotopic (exact) mass is 587 g/mol. The molecular formula is C30H35ClFN3O4S. The number of anilines is 1. The SMILES string of the molecule is CCCNC(=O)[C@H](CC)N(Cc1ccc(F)cc1)C(=O)CN(c1ccc(C)c(Cl)c1)S(=O)(=O)c1ccc(C)cc1. The smallest absolute Gasteiger partial charge is 0.264 e. The van der Waals surface area contributed by atoms with Crippen molar-refractivity contribution < 1.29 is 22.4 Å². The van der Waals surface area contributed by atoms with Gasteiger partial charge in [-0.15, -0.1) is 0 Å². The number of aryl methyl sites for hydroxylation is 2. The minimum absolute atomic E-state index is 0.00968. The van der Waals surface area contributed by atoms with Crippen LogP contribution in [0.5, 0.6) is 0 Å². The Balaban J connectivity index is 2.07. The summed E-state index contributed by atoms with van der Waals surface area (Å²) in [6.45, 7) is 7.19. The molecule has 0 aliphatic rings. The van der Waals surface area contributed by atoms with Gasteiger partial charge in [0, 0.05) is 18.1 Å². The number of rotatable bonds is 12. The second-order valence-corrected chi connectivity index (χ2v) is 11.9. The first-order valence-electron chi connectivity index (χ1n) is 13.1. The van der Waals surface area contributed by atoms with Crippen molar-refractivity contribution in [1.29, 1.82) is 0 Å².